The quantitative estimate of drug-likeness (QED) is 0.874. The zero-order valence-corrected chi connectivity index (χ0v) is 11.0. The van der Waals surface area contributed by atoms with E-state index in [0.29, 0.717) is 11.8 Å². The molecule has 0 amide bonds. The fourth-order valence-corrected chi connectivity index (χ4v) is 3.26. The molecule has 1 fully saturated rings. The van der Waals surface area contributed by atoms with Crippen molar-refractivity contribution in [2.24, 2.45) is 5.73 Å². The van der Waals surface area contributed by atoms with E-state index in [1.807, 2.05) is 0 Å². The van der Waals surface area contributed by atoms with Crippen molar-refractivity contribution in [2.75, 3.05) is 26.7 Å². The smallest absolute Gasteiger partial charge is 0.0957 e. The second kappa shape index (κ2) is 5.25. The normalized spacial score (nSPS) is 23.8. The topological polar surface area (TPSA) is 42.1 Å². The molecular formula is C12H21N3S. The summed E-state index contributed by atoms with van der Waals surface area (Å²) in [5, 5.41) is 3.50. The van der Waals surface area contributed by atoms with Crippen LogP contribution in [0.15, 0.2) is 5.38 Å². The molecule has 2 unspecified atom stereocenters. The average molecular weight is 239 g/mol. The van der Waals surface area contributed by atoms with E-state index < -0.39 is 0 Å². The number of nitrogens with zero attached hydrogens (tertiary/aromatic N) is 2. The first-order chi connectivity index (χ1) is 7.70. The molecule has 2 rings (SSSR count). The Hall–Kier alpha value is -0.450. The molecular weight excluding hydrogens is 218 g/mol. The maximum Gasteiger partial charge on any atom is 0.0957 e. The Labute approximate surface area is 102 Å². The van der Waals surface area contributed by atoms with Crippen molar-refractivity contribution in [3.8, 4) is 0 Å². The predicted molar refractivity (Wildman–Crippen MR) is 69.1 cm³/mol. The van der Waals surface area contributed by atoms with Crippen LogP contribution in [0.25, 0.3) is 0 Å². The molecule has 3 nitrogen and oxygen atoms in total. The van der Waals surface area contributed by atoms with Crippen LogP contribution in [0.1, 0.15) is 42.3 Å². The Balaban J connectivity index is 2.01. The van der Waals surface area contributed by atoms with Crippen molar-refractivity contribution in [1.82, 2.24) is 9.88 Å². The molecule has 1 aliphatic heterocycles. The molecule has 0 bridgehead atoms. The van der Waals surface area contributed by atoms with Gasteiger partial charge in [0.05, 0.1) is 10.7 Å². The van der Waals surface area contributed by atoms with Crippen LogP contribution in [0, 0.1) is 0 Å². The Morgan fingerprint density at radius 2 is 2.50 bits per heavy atom. The highest BCUT2D eigenvalue weighted by Gasteiger charge is 2.23. The third-order valence-corrected chi connectivity index (χ3v) is 4.47. The van der Waals surface area contributed by atoms with E-state index in [0.717, 1.165) is 19.5 Å². The zero-order valence-electron chi connectivity index (χ0n) is 10.1. The van der Waals surface area contributed by atoms with Crippen molar-refractivity contribution >= 4 is 11.3 Å². The van der Waals surface area contributed by atoms with Gasteiger partial charge in [-0.1, -0.05) is 6.92 Å². The summed E-state index contributed by atoms with van der Waals surface area (Å²) in [6, 6.07) is 0. The summed E-state index contributed by atoms with van der Waals surface area (Å²) in [5.41, 5.74) is 6.88. The first-order valence-corrected chi connectivity index (χ1v) is 6.92. The first-order valence-electron chi connectivity index (χ1n) is 6.04. The minimum absolute atomic E-state index is 0.517. The number of nitrogens with two attached hydrogens (primary N) is 1. The fourth-order valence-electron chi connectivity index (χ4n) is 2.26. The summed E-state index contributed by atoms with van der Waals surface area (Å²) in [6.45, 7) is 5.34. The molecule has 2 N–H and O–H groups in total. The molecule has 90 valence electrons. The van der Waals surface area contributed by atoms with Gasteiger partial charge in [0.1, 0.15) is 0 Å². The van der Waals surface area contributed by atoms with Crippen LogP contribution in [0.5, 0.6) is 0 Å². The van der Waals surface area contributed by atoms with Crippen LogP contribution < -0.4 is 5.73 Å². The van der Waals surface area contributed by atoms with Crippen molar-refractivity contribution in [1.29, 1.82) is 0 Å². The Bertz CT molecular complexity index is 337. The summed E-state index contributed by atoms with van der Waals surface area (Å²) < 4.78 is 0. The lowest BCUT2D eigenvalue weighted by Gasteiger charge is -2.08. The monoisotopic (exact) mass is 239 g/mol. The van der Waals surface area contributed by atoms with E-state index in [-0.39, 0.29) is 0 Å². The Morgan fingerprint density at radius 1 is 1.69 bits per heavy atom. The molecule has 1 aliphatic rings. The standard InChI is InChI=1S/C12H21N3S/c1-9(3-5-13)12-14-11(8-16-12)10-4-6-15(2)7-10/h8-10H,3-7,13H2,1-2H3. The molecule has 16 heavy (non-hydrogen) atoms. The molecule has 1 aromatic heterocycles. The van der Waals surface area contributed by atoms with E-state index in [1.54, 1.807) is 11.3 Å². The third kappa shape index (κ3) is 2.62. The van der Waals surface area contributed by atoms with E-state index in [9.17, 15) is 0 Å². The molecule has 4 heteroatoms. The SMILES string of the molecule is CC(CCN)c1nc(C2CCN(C)C2)cs1. The Morgan fingerprint density at radius 3 is 3.12 bits per heavy atom. The predicted octanol–water partition coefficient (Wildman–Crippen LogP) is 2.01. The van der Waals surface area contributed by atoms with Crippen molar-refractivity contribution < 1.29 is 0 Å². The van der Waals surface area contributed by atoms with Crippen LogP contribution in [0.2, 0.25) is 0 Å². The largest absolute Gasteiger partial charge is 0.330 e. The van der Waals surface area contributed by atoms with Crippen molar-refractivity contribution in [2.45, 2.75) is 31.6 Å². The zero-order chi connectivity index (χ0) is 11.5. The molecule has 0 saturated carbocycles. The number of likely N-dealkylation sites (tertiary alicyclic amines) is 1. The summed E-state index contributed by atoms with van der Waals surface area (Å²) in [4.78, 5) is 7.16. The van der Waals surface area contributed by atoms with E-state index in [4.69, 9.17) is 10.7 Å². The summed E-state index contributed by atoms with van der Waals surface area (Å²) in [6.07, 6.45) is 2.29. The number of hydrogen-bond acceptors (Lipinski definition) is 4. The maximum absolute atomic E-state index is 5.58. The lowest BCUT2D eigenvalue weighted by molar-refractivity contribution is 0.411. The van der Waals surface area contributed by atoms with Gasteiger partial charge in [0, 0.05) is 23.8 Å². The minimum Gasteiger partial charge on any atom is -0.330 e. The third-order valence-electron chi connectivity index (χ3n) is 3.37. The molecule has 0 aliphatic carbocycles. The molecule has 2 atom stereocenters. The second-order valence-electron chi connectivity index (χ2n) is 4.84. The number of hydrogen-bond donors (Lipinski definition) is 1. The van der Waals surface area contributed by atoms with Gasteiger partial charge < -0.3 is 10.6 Å². The van der Waals surface area contributed by atoms with E-state index in [1.165, 1.54) is 23.7 Å². The molecule has 0 aromatic carbocycles. The summed E-state index contributed by atoms with van der Waals surface area (Å²) >= 11 is 1.80. The van der Waals surface area contributed by atoms with Gasteiger partial charge in [0.2, 0.25) is 0 Å². The van der Waals surface area contributed by atoms with Gasteiger partial charge in [-0.15, -0.1) is 11.3 Å². The maximum atomic E-state index is 5.58. The van der Waals surface area contributed by atoms with Crippen LogP contribution in [-0.2, 0) is 0 Å². The molecule has 1 aromatic rings. The molecule has 0 radical (unpaired) electrons. The fraction of sp³-hybridized carbons (Fsp3) is 0.750. The van der Waals surface area contributed by atoms with E-state index in [2.05, 4.69) is 24.3 Å². The molecule has 1 saturated heterocycles. The highest BCUT2D eigenvalue weighted by Crippen LogP contribution is 2.30. The van der Waals surface area contributed by atoms with Gasteiger partial charge >= 0.3 is 0 Å². The Kier molecular flexibility index (Phi) is 3.95. The summed E-state index contributed by atoms with van der Waals surface area (Å²) in [7, 11) is 2.18. The van der Waals surface area contributed by atoms with Crippen LogP contribution in [0.3, 0.4) is 0 Å². The van der Waals surface area contributed by atoms with Gasteiger partial charge in [-0.05, 0) is 33.0 Å². The summed E-state index contributed by atoms with van der Waals surface area (Å²) in [5.74, 6) is 1.17. The lowest BCUT2D eigenvalue weighted by Crippen LogP contribution is -2.13. The minimum atomic E-state index is 0.517. The highest BCUT2D eigenvalue weighted by molar-refractivity contribution is 7.09. The van der Waals surface area contributed by atoms with Crippen molar-refractivity contribution in [3.05, 3.63) is 16.1 Å². The van der Waals surface area contributed by atoms with Crippen LogP contribution in [0.4, 0.5) is 0 Å². The number of aromatic nitrogens is 1. The molecule has 2 heterocycles. The average Bonchev–Trinajstić information content (AvgIpc) is 2.85. The van der Waals surface area contributed by atoms with Gasteiger partial charge in [0.25, 0.3) is 0 Å². The molecule has 0 spiro atoms. The number of likely N-dealkylation sites (N-methyl/N-ethyl adjacent to an activating group) is 1. The number of thiazole rings is 1. The van der Waals surface area contributed by atoms with Crippen LogP contribution in [-0.4, -0.2) is 36.6 Å². The number of rotatable bonds is 4. The van der Waals surface area contributed by atoms with E-state index >= 15 is 0 Å². The highest BCUT2D eigenvalue weighted by atomic mass is 32.1. The van der Waals surface area contributed by atoms with Gasteiger partial charge in [0.15, 0.2) is 0 Å². The van der Waals surface area contributed by atoms with Gasteiger partial charge in [-0.3, -0.25) is 0 Å². The first kappa shape index (κ1) is 12.0. The lowest BCUT2D eigenvalue weighted by atomic mass is 10.1. The van der Waals surface area contributed by atoms with Crippen LogP contribution >= 0.6 is 11.3 Å². The van der Waals surface area contributed by atoms with Gasteiger partial charge in [-0.25, -0.2) is 4.98 Å². The van der Waals surface area contributed by atoms with Gasteiger partial charge in [-0.2, -0.15) is 0 Å². The van der Waals surface area contributed by atoms with Crippen molar-refractivity contribution in [3.63, 3.8) is 0 Å². The second-order valence-corrected chi connectivity index (χ2v) is 5.73.